The van der Waals surface area contributed by atoms with E-state index in [9.17, 15) is 14.9 Å². The molecule has 2 amide bonds. The quantitative estimate of drug-likeness (QED) is 0.586. The third-order valence-electron chi connectivity index (χ3n) is 2.45. The Hall–Kier alpha value is -2.26. The van der Waals surface area contributed by atoms with E-state index in [0.29, 0.717) is 15.3 Å². The van der Waals surface area contributed by atoms with Gasteiger partial charge in [0.2, 0.25) is 0 Å². The molecule has 0 fully saturated rings. The maximum Gasteiger partial charge on any atom is 0.321 e. The monoisotopic (exact) mass is 296 g/mol. The molecule has 0 saturated heterocycles. The molecule has 1 atom stereocenters. The average Bonchev–Trinajstić information content (AvgIpc) is 2.78. The molecule has 0 radical (unpaired) electrons. The highest BCUT2D eigenvalue weighted by Crippen LogP contribution is 2.28. The summed E-state index contributed by atoms with van der Waals surface area (Å²) >= 11 is 1.14. The zero-order valence-electron chi connectivity index (χ0n) is 10.5. The summed E-state index contributed by atoms with van der Waals surface area (Å²) in [5.41, 5.74) is 0.553. The second kappa shape index (κ2) is 5.80. The molecule has 2 aromatic rings. The lowest BCUT2D eigenvalue weighted by atomic mass is 10.3. The van der Waals surface area contributed by atoms with Gasteiger partial charge in [0.1, 0.15) is 0 Å². The normalized spacial score (nSPS) is 12.1. The summed E-state index contributed by atoms with van der Waals surface area (Å²) in [6.45, 7) is 1.49. The van der Waals surface area contributed by atoms with Crippen molar-refractivity contribution in [2.75, 3.05) is 11.9 Å². The minimum absolute atomic E-state index is 0.0222. The number of benzene rings is 1. The SMILES string of the molecule is C[C@H](CO)NC(=O)Nc1nc2ccc([N+](=O)[O-])cc2s1. The van der Waals surface area contributed by atoms with Crippen LogP contribution < -0.4 is 10.6 Å². The van der Waals surface area contributed by atoms with Crippen LogP contribution in [0, 0.1) is 10.1 Å². The van der Waals surface area contributed by atoms with Crippen molar-refractivity contribution in [2.24, 2.45) is 0 Å². The van der Waals surface area contributed by atoms with E-state index in [4.69, 9.17) is 5.11 Å². The van der Waals surface area contributed by atoms with Crippen LogP contribution in [0.2, 0.25) is 0 Å². The Kier molecular flexibility index (Phi) is 4.11. The van der Waals surface area contributed by atoms with E-state index in [2.05, 4.69) is 15.6 Å². The summed E-state index contributed by atoms with van der Waals surface area (Å²) in [6.07, 6.45) is 0. The van der Waals surface area contributed by atoms with Crippen molar-refractivity contribution >= 4 is 38.4 Å². The van der Waals surface area contributed by atoms with Crippen molar-refractivity contribution in [3.63, 3.8) is 0 Å². The van der Waals surface area contributed by atoms with Crippen LogP contribution in [0.15, 0.2) is 18.2 Å². The Balaban J connectivity index is 2.15. The van der Waals surface area contributed by atoms with Crippen LogP contribution in [0.3, 0.4) is 0 Å². The van der Waals surface area contributed by atoms with E-state index in [1.807, 2.05) is 0 Å². The van der Waals surface area contributed by atoms with E-state index in [1.165, 1.54) is 18.2 Å². The summed E-state index contributed by atoms with van der Waals surface area (Å²) in [5, 5.41) is 24.9. The number of urea groups is 1. The number of fused-ring (bicyclic) bond motifs is 1. The van der Waals surface area contributed by atoms with Crippen molar-refractivity contribution in [1.29, 1.82) is 0 Å². The molecule has 0 spiro atoms. The first kappa shape index (κ1) is 14.2. The van der Waals surface area contributed by atoms with E-state index in [0.717, 1.165) is 11.3 Å². The zero-order valence-corrected chi connectivity index (χ0v) is 11.3. The highest BCUT2D eigenvalue weighted by Gasteiger charge is 2.12. The Morgan fingerprint density at radius 3 is 3.00 bits per heavy atom. The number of amides is 2. The Bertz CT molecular complexity index is 657. The predicted octanol–water partition coefficient (Wildman–Crippen LogP) is 1.71. The number of hydrogen-bond acceptors (Lipinski definition) is 6. The second-order valence-electron chi connectivity index (χ2n) is 4.11. The minimum Gasteiger partial charge on any atom is -0.394 e. The number of anilines is 1. The van der Waals surface area contributed by atoms with E-state index in [-0.39, 0.29) is 18.3 Å². The fourth-order valence-corrected chi connectivity index (χ4v) is 2.38. The third kappa shape index (κ3) is 3.19. The number of aliphatic hydroxyl groups excluding tert-OH is 1. The van der Waals surface area contributed by atoms with Crippen molar-refractivity contribution in [1.82, 2.24) is 10.3 Å². The van der Waals surface area contributed by atoms with Gasteiger partial charge < -0.3 is 10.4 Å². The van der Waals surface area contributed by atoms with Crippen molar-refractivity contribution in [3.05, 3.63) is 28.3 Å². The van der Waals surface area contributed by atoms with E-state index >= 15 is 0 Å². The van der Waals surface area contributed by atoms with Crippen LogP contribution in [0.5, 0.6) is 0 Å². The van der Waals surface area contributed by atoms with Crippen LogP contribution in [0.4, 0.5) is 15.6 Å². The van der Waals surface area contributed by atoms with E-state index in [1.54, 1.807) is 6.92 Å². The highest BCUT2D eigenvalue weighted by atomic mass is 32.1. The first-order chi connectivity index (χ1) is 9.49. The topological polar surface area (TPSA) is 117 Å². The fraction of sp³-hybridized carbons (Fsp3) is 0.273. The van der Waals surface area contributed by atoms with Crippen LogP contribution in [-0.2, 0) is 0 Å². The highest BCUT2D eigenvalue weighted by molar-refractivity contribution is 7.22. The van der Waals surface area contributed by atoms with Gasteiger partial charge in [0.25, 0.3) is 5.69 Å². The molecule has 0 bridgehead atoms. The van der Waals surface area contributed by atoms with Gasteiger partial charge in [-0.1, -0.05) is 11.3 Å². The molecule has 1 aromatic heterocycles. The van der Waals surface area contributed by atoms with Gasteiger partial charge in [-0.25, -0.2) is 9.78 Å². The van der Waals surface area contributed by atoms with Gasteiger partial charge >= 0.3 is 6.03 Å². The molecule has 0 saturated carbocycles. The van der Waals surface area contributed by atoms with Gasteiger partial charge in [-0.3, -0.25) is 15.4 Å². The number of nitrogens with one attached hydrogen (secondary N) is 2. The lowest BCUT2D eigenvalue weighted by Crippen LogP contribution is -2.38. The molecule has 0 aliphatic heterocycles. The number of nitro benzene ring substituents is 1. The zero-order chi connectivity index (χ0) is 14.7. The molecule has 20 heavy (non-hydrogen) atoms. The number of rotatable bonds is 4. The van der Waals surface area contributed by atoms with Gasteiger partial charge in [0.05, 0.1) is 27.8 Å². The molecule has 0 aliphatic carbocycles. The van der Waals surface area contributed by atoms with Crippen LogP contribution in [-0.4, -0.2) is 33.7 Å². The molecular formula is C11H12N4O4S. The van der Waals surface area contributed by atoms with Crippen LogP contribution >= 0.6 is 11.3 Å². The summed E-state index contributed by atoms with van der Waals surface area (Å²) in [5.74, 6) is 0. The third-order valence-corrected chi connectivity index (χ3v) is 3.39. The number of aliphatic hydroxyl groups is 1. The Labute approximate surface area is 117 Å². The number of hydrogen-bond donors (Lipinski definition) is 3. The number of non-ortho nitro benzene ring substituents is 1. The first-order valence-electron chi connectivity index (χ1n) is 5.73. The molecule has 2 rings (SSSR count). The first-order valence-corrected chi connectivity index (χ1v) is 6.54. The van der Waals surface area contributed by atoms with E-state index < -0.39 is 11.0 Å². The van der Waals surface area contributed by atoms with Gasteiger partial charge in [0, 0.05) is 12.1 Å². The largest absolute Gasteiger partial charge is 0.394 e. The van der Waals surface area contributed by atoms with Gasteiger partial charge in [-0.05, 0) is 13.0 Å². The maximum absolute atomic E-state index is 11.6. The van der Waals surface area contributed by atoms with Crippen molar-refractivity contribution < 1.29 is 14.8 Å². The lowest BCUT2D eigenvalue weighted by Gasteiger charge is -2.09. The van der Waals surface area contributed by atoms with Gasteiger partial charge in [0.15, 0.2) is 5.13 Å². The number of nitro groups is 1. The van der Waals surface area contributed by atoms with Crippen molar-refractivity contribution in [2.45, 2.75) is 13.0 Å². The minimum atomic E-state index is -0.486. The molecule has 1 heterocycles. The number of nitrogens with zero attached hydrogens (tertiary/aromatic N) is 2. The Morgan fingerprint density at radius 1 is 1.60 bits per heavy atom. The number of thiazole rings is 1. The van der Waals surface area contributed by atoms with Crippen LogP contribution in [0.25, 0.3) is 10.2 Å². The number of carbonyl (C=O) groups excluding carboxylic acids is 1. The van der Waals surface area contributed by atoms with Gasteiger partial charge in [-0.2, -0.15) is 0 Å². The molecule has 1 aromatic carbocycles. The summed E-state index contributed by atoms with van der Waals surface area (Å²) in [7, 11) is 0. The molecule has 9 heteroatoms. The molecule has 106 valence electrons. The smallest absolute Gasteiger partial charge is 0.321 e. The maximum atomic E-state index is 11.6. The average molecular weight is 296 g/mol. The van der Waals surface area contributed by atoms with Crippen molar-refractivity contribution in [3.8, 4) is 0 Å². The number of aromatic nitrogens is 1. The summed E-state index contributed by atoms with van der Waals surface area (Å²) in [6, 6.07) is 3.45. The fourth-order valence-electron chi connectivity index (χ4n) is 1.48. The summed E-state index contributed by atoms with van der Waals surface area (Å²) < 4.78 is 0.615. The molecule has 3 N–H and O–H groups in total. The molecule has 0 unspecified atom stereocenters. The molecular weight excluding hydrogens is 284 g/mol. The molecule has 8 nitrogen and oxygen atoms in total. The standard InChI is InChI=1S/C11H12N4O4S/c1-6(5-16)12-10(17)14-11-13-8-3-2-7(15(18)19)4-9(8)20-11/h2-4,6,16H,5H2,1H3,(H2,12,13,14,17)/t6-/m1/s1. The van der Waals surface area contributed by atoms with Gasteiger partial charge in [-0.15, -0.1) is 0 Å². The predicted molar refractivity (Wildman–Crippen MR) is 75.0 cm³/mol. The lowest BCUT2D eigenvalue weighted by molar-refractivity contribution is -0.384. The second-order valence-corrected chi connectivity index (χ2v) is 5.14. The number of carbonyl (C=O) groups is 1. The molecule has 0 aliphatic rings. The van der Waals surface area contributed by atoms with Crippen LogP contribution in [0.1, 0.15) is 6.92 Å². The Morgan fingerprint density at radius 2 is 2.35 bits per heavy atom. The summed E-state index contributed by atoms with van der Waals surface area (Å²) in [4.78, 5) is 25.9.